The second kappa shape index (κ2) is 3.80. The van der Waals surface area contributed by atoms with Crippen LogP contribution in [0.15, 0.2) is 42.7 Å². The zero-order chi connectivity index (χ0) is 12.8. The van der Waals surface area contributed by atoms with Gasteiger partial charge in [-0.05, 0) is 18.2 Å². The maximum absolute atomic E-state index is 5.94. The van der Waals surface area contributed by atoms with Crippen molar-refractivity contribution in [3.8, 4) is 11.3 Å². The minimum absolute atomic E-state index is 0.439. The van der Waals surface area contributed by atoms with Crippen LogP contribution in [0.1, 0.15) is 0 Å². The number of halogens is 1. The lowest BCUT2D eigenvalue weighted by Crippen LogP contribution is -1.94. The SMILES string of the molecule is Clc1ccc2ncc(-c3ccc4cn[nH]c4c3)n2n1. The molecule has 5 nitrogen and oxygen atoms in total. The van der Waals surface area contributed by atoms with Crippen LogP contribution in [-0.4, -0.2) is 24.8 Å². The number of nitrogens with zero attached hydrogens (tertiary/aromatic N) is 4. The number of fused-ring (bicyclic) bond motifs is 2. The maximum Gasteiger partial charge on any atom is 0.154 e. The Kier molecular flexibility index (Phi) is 2.10. The number of rotatable bonds is 1. The van der Waals surface area contributed by atoms with Gasteiger partial charge in [0.2, 0.25) is 0 Å². The second-order valence-corrected chi connectivity index (χ2v) is 4.63. The summed E-state index contributed by atoms with van der Waals surface area (Å²) in [5, 5.41) is 12.8. The number of hydrogen-bond acceptors (Lipinski definition) is 3. The summed E-state index contributed by atoms with van der Waals surface area (Å²) in [4.78, 5) is 4.32. The van der Waals surface area contributed by atoms with Crippen LogP contribution in [0.3, 0.4) is 0 Å². The number of aromatic amines is 1. The molecule has 0 aliphatic rings. The van der Waals surface area contributed by atoms with E-state index in [1.54, 1.807) is 23.0 Å². The highest BCUT2D eigenvalue weighted by molar-refractivity contribution is 6.29. The highest BCUT2D eigenvalue weighted by Crippen LogP contribution is 2.24. The standard InChI is InChI=1S/C13H8ClN5/c14-12-3-4-13-15-7-11(19(13)18-12)8-1-2-9-6-16-17-10(9)5-8/h1-7H,(H,16,17). The van der Waals surface area contributed by atoms with Gasteiger partial charge in [-0.2, -0.15) is 10.2 Å². The predicted octanol–water partition coefficient (Wildman–Crippen LogP) is 2.93. The quantitative estimate of drug-likeness (QED) is 0.578. The van der Waals surface area contributed by atoms with Gasteiger partial charge in [0.1, 0.15) is 5.15 Å². The summed E-state index contributed by atoms with van der Waals surface area (Å²) >= 11 is 5.94. The van der Waals surface area contributed by atoms with Crippen LogP contribution in [0, 0.1) is 0 Å². The smallest absolute Gasteiger partial charge is 0.154 e. The van der Waals surface area contributed by atoms with Gasteiger partial charge in [0, 0.05) is 10.9 Å². The molecular formula is C13H8ClN5. The lowest BCUT2D eigenvalue weighted by atomic mass is 10.1. The van der Waals surface area contributed by atoms with E-state index in [0.29, 0.717) is 5.15 Å². The number of H-pyrrole nitrogens is 1. The van der Waals surface area contributed by atoms with Crippen molar-refractivity contribution < 1.29 is 0 Å². The Labute approximate surface area is 112 Å². The van der Waals surface area contributed by atoms with Crippen molar-refractivity contribution in [1.82, 2.24) is 24.8 Å². The Bertz CT molecular complexity index is 892. The zero-order valence-electron chi connectivity index (χ0n) is 9.71. The van der Waals surface area contributed by atoms with Gasteiger partial charge in [0.15, 0.2) is 5.65 Å². The third kappa shape index (κ3) is 1.59. The Balaban J connectivity index is 2.00. The molecule has 0 aliphatic carbocycles. The van der Waals surface area contributed by atoms with Crippen molar-refractivity contribution in [3.63, 3.8) is 0 Å². The van der Waals surface area contributed by atoms with Gasteiger partial charge in [0.05, 0.1) is 23.6 Å². The molecule has 3 aromatic heterocycles. The molecule has 0 atom stereocenters. The van der Waals surface area contributed by atoms with Gasteiger partial charge in [-0.1, -0.05) is 23.7 Å². The summed E-state index contributed by atoms with van der Waals surface area (Å²) in [5.74, 6) is 0. The molecule has 0 amide bonds. The predicted molar refractivity (Wildman–Crippen MR) is 73.1 cm³/mol. The molecule has 0 fully saturated rings. The van der Waals surface area contributed by atoms with Gasteiger partial charge in [0.25, 0.3) is 0 Å². The Morgan fingerprint density at radius 2 is 2.05 bits per heavy atom. The molecule has 1 aromatic carbocycles. The molecule has 0 saturated carbocycles. The topological polar surface area (TPSA) is 58.9 Å². The molecule has 4 aromatic rings. The number of aromatic nitrogens is 5. The van der Waals surface area contributed by atoms with E-state index in [1.807, 2.05) is 24.3 Å². The summed E-state index contributed by atoms with van der Waals surface area (Å²) < 4.78 is 1.74. The van der Waals surface area contributed by atoms with Crippen molar-refractivity contribution in [2.75, 3.05) is 0 Å². The van der Waals surface area contributed by atoms with Gasteiger partial charge < -0.3 is 0 Å². The van der Waals surface area contributed by atoms with Crippen LogP contribution in [0.4, 0.5) is 0 Å². The molecule has 0 radical (unpaired) electrons. The van der Waals surface area contributed by atoms with Crippen molar-refractivity contribution in [2.45, 2.75) is 0 Å². The first-order valence-electron chi connectivity index (χ1n) is 5.75. The first kappa shape index (κ1) is 10.5. The molecule has 0 aliphatic heterocycles. The van der Waals surface area contributed by atoms with Crippen LogP contribution < -0.4 is 0 Å². The average Bonchev–Trinajstić information content (AvgIpc) is 3.03. The fraction of sp³-hybridized carbons (Fsp3) is 0. The zero-order valence-corrected chi connectivity index (χ0v) is 10.5. The molecule has 1 N–H and O–H groups in total. The van der Waals surface area contributed by atoms with Gasteiger partial charge >= 0.3 is 0 Å². The van der Waals surface area contributed by atoms with Crippen molar-refractivity contribution >= 4 is 28.2 Å². The Hall–Kier alpha value is -2.40. The number of hydrogen-bond donors (Lipinski definition) is 1. The van der Waals surface area contributed by atoms with Crippen LogP contribution in [0.5, 0.6) is 0 Å². The van der Waals surface area contributed by atoms with E-state index in [1.165, 1.54) is 0 Å². The van der Waals surface area contributed by atoms with Gasteiger partial charge in [-0.25, -0.2) is 9.50 Å². The van der Waals surface area contributed by atoms with Crippen LogP contribution in [0.25, 0.3) is 27.8 Å². The van der Waals surface area contributed by atoms with Gasteiger partial charge in [-0.3, -0.25) is 5.10 Å². The minimum atomic E-state index is 0.439. The molecule has 0 unspecified atom stereocenters. The lowest BCUT2D eigenvalue weighted by Gasteiger charge is -2.01. The van der Waals surface area contributed by atoms with E-state index in [2.05, 4.69) is 20.3 Å². The molecule has 19 heavy (non-hydrogen) atoms. The average molecular weight is 270 g/mol. The summed E-state index contributed by atoms with van der Waals surface area (Å²) in [6.45, 7) is 0. The third-order valence-electron chi connectivity index (χ3n) is 3.07. The van der Waals surface area contributed by atoms with Crippen molar-refractivity contribution in [2.24, 2.45) is 0 Å². The first-order chi connectivity index (χ1) is 9.31. The first-order valence-corrected chi connectivity index (χ1v) is 6.13. The highest BCUT2D eigenvalue weighted by atomic mass is 35.5. The minimum Gasteiger partial charge on any atom is -0.278 e. The fourth-order valence-corrected chi connectivity index (χ4v) is 2.28. The number of benzene rings is 1. The van der Waals surface area contributed by atoms with Crippen LogP contribution in [0.2, 0.25) is 5.15 Å². The van der Waals surface area contributed by atoms with Gasteiger partial charge in [-0.15, -0.1) is 0 Å². The molecule has 3 heterocycles. The second-order valence-electron chi connectivity index (χ2n) is 4.24. The molecule has 4 rings (SSSR count). The van der Waals surface area contributed by atoms with Crippen molar-refractivity contribution in [3.05, 3.63) is 47.9 Å². The highest BCUT2D eigenvalue weighted by Gasteiger charge is 2.08. The largest absolute Gasteiger partial charge is 0.278 e. The van der Waals surface area contributed by atoms with E-state index < -0.39 is 0 Å². The van der Waals surface area contributed by atoms with E-state index in [9.17, 15) is 0 Å². The molecule has 6 heteroatoms. The molecule has 92 valence electrons. The van der Waals surface area contributed by atoms with E-state index in [0.717, 1.165) is 27.8 Å². The van der Waals surface area contributed by atoms with Crippen LogP contribution >= 0.6 is 11.6 Å². The van der Waals surface area contributed by atoms with E-state index in [-0.39, 0.29) is 0 Å². The van der Waals surface area contributed by atoms with Crippen LogP contribution in [-0.2, 0) is 0 Å². The lowest BCUT2D eigenvalue weighted by molar-refractivity contribution is 0.943. The Morgan fingerprint density at radius 3 is 3.00 bits per heavy atom. The fourth-order valence-electron chi connectivity index (χ4n) is 2.14. The summed E-state index contributed by atoms with van der Waals surface area (Å²) in [6.07, 6.45) is 3.58. The summed E-state index contributed by atoms with van der Waals surface area (Å²) in [6, 6.07) is 9.62. The molecule has 0 spiro atoms. The number of nitrogens with one attached hydrogen (secondary N) is 1. The third-order valence-corrected chi connectivity index (χ3v) is 3.27. The normalized spacial score (nSPS) is 11.4. The molecular weight excluding hydrogens is 262 g/mol. The molecule has 0 saturated heterocycles. The van der Waals surface area contributed by atoms with E-state index >= 15 is 0 Å². The van der Waals surface area contributed by atoms with E-state index in [4.69, 9.17) is 11.6 Å². The monoisotopic (exact) mass is 269 g/mol. The summed E-state index contributed by atoms with van der Waals surface area (Å²) in [7, 11) is 0. The van der Waals surface area contributed by atoms with Crippen molar-refractivity contribution in [1.29, 1.82) is 0 Å². The Morgan fingerprint density at radius 1 is 1.11 bits per heavy atom. The number of imidazole rings is 1. The maximum atomic E-state index is 5.94. The molecule has 0 bridgehead atoms. The summed E-state index contributed by atoms with van der Waals surface area (Å²) in [5.41, 5.74) is 3.66.